The van der Waals surface area contributed by atoms with Crippen LogP contribution in [-0.4, -0.2) is 40.9 Å². The molecule has 0 spiro atoms. The molecule has 1 aliphatic heterocycles. The summed E-state index contributed by atoms with van der Waals surface area (Å²) in [7, 11) is 0. The number of piperidine rings is 1. The third-order valence-electron chi connectivity index (χ3n) is 6.96. The van der Waals surface area contributed by atoms with Crippen LogP contribution in [0.2, 0.25) is 0 Å². The zero-order chi connectivity index (χ0) is 16.6. The molecule has 24 heavy (non-hydrogen) atoms. The van der Waals surface area contributed by atoms with Crippen LogP contribution in [-0.2, 0) is 5.60 Å². The number of rotatable bonds is 5. The Bertz CT molecular complexity index is 540. The van der Waals surface area contributed by atoms with E-state index in [4.69, 9.17) is 0 Å². The lowest BCUT2D eigenvalue weighted by molar-refractivity contribution is -0.0707. The Balaban J connectivity index is 1.53. The van der Waals surface area contributed by atoms with E-state index in [2.05, 4.69) is 17.0 Å². The Labute approximate surface area is 145 Å². The minimum atomic E-state index is -0.738. The highest BCUT2D eigenvalue weighted by molar-refractivity contribution is 5.25. The van der Waals surface area contributed by atoms with E-state index in [1.165, 1.54) is 32.4 Å². The Hall–Kier alpha value is -0.900. The van der Waals surface area contributed by atoms with Gasteiger partial charge < -0.3 is 15.1 Å². The van der Waals surface area contributed by atoms with Gasteiger partial charge in [0.05, 0.1) is 11.7 Å². The first kappa shape index (κ1) is 16.6. The standard InChI is InChI=1S/C21H31NO2/c23-20-15-16-13-17(20)14-19(16)21(24,18-7-3-1-4-8-18)9-12-22-10-5-2-6-11-22/h1,3-4,7-8,16-17,19-20,23-24H,2,5-6,9-15H2. The molecule has 3 heteroatoms. The first-order chi connectivity index (χ1) is 11.7. The maximum absolute atomic E-state index is 11.8. The molecule has 2 aliphatic carbocycles. The van der Waals surface area contributed by atoms with E-state index in [1.807, 2.05) is 18.2 Å². The van der Waals surface area contributed by atoms with Gasteiger partial charge in [0.25, 0.3) is 0 Å². The van der Waals surface area contributed by atoms with E-state index in [9.17, 15) is 10.2 Å². The van der Waals surface area contributed by atoms with Crippen molar-refractivity contribution in [3.63, 3.8) is 0 Å². The lowest BCUT2D eigenvalue weighted by atomic mass is 9.70. The fourth-order valence-electron chi connectivity index (χ4n) is 5.61. The van der Waals surface area contributed by atoms with Gasteiger partial charge in [0, 0.05) is 6.54 Å². The molecular weight excluding hydrogens is 298 g/mol. The number of likely N-dealkylation sites (tertiary alicyclic amines) is 1. The first-order valence-electron chi connectivity index (χ1n) is 9.85. The van der Waals surface area contributed by atoms with Crippen LogP contribution in [0.1, 0.15) is 50.5 Å². The second kappa shape index (κ2) is 6.78. The molecule has 2 N–H and O–H groups in total. The number of nitrogens with zero attached hydrogens (tertiary/aromatic N) is 1. The molecule has 5 unspecified atom stereocenters. The lowest BCUT2D eigenvalue weighted by Gasteiger charge is -2.41. The predicted molar refractivity (Wildman–Crippen MR) is 95.6 cm³/mol. The summed E-state index contributed by atoms with van der Waals surface area (Å²) < 4.78 is 0. The fourth-order valence-corrected chi connectivity index (χ4v) is 5.61. The third kappa shape index (κ3) is 3.02. The largest absolute Gasteiger partial charge is 0.393 e. The highest BCUT2D eigenvalue weighted by Crippen LogP contribution is 2.55. The van der Waals surface area contributed by atoms with Crippen molar-refractivity contribution >= 4 is 0 Å². The van der Waals surface area contributed by atoms with Crippen molar-refractivity contribution in [2.75, 3.05) is 19.6 Å². The summed E-state index contributed by atoms with van der Waals surface area (Å²) >= 11 is 0. The SMILES string of the molecule is OC1CC2CC1CC2C(O)(CCN1CCCCC1)c1ccccc1. The van der Waals surface area contributed by atoms with Gasteiger partial charge in [-0.3, -0.25) is 0 Å². The van der Waals surface area contributed by atoms with Crippen molar-refractivity contribution in [3.05, 3.63) is 35.9 Å². The monoisotopic (exact) mass is 329 g/mol. The van der Waals surface area contributed by atoms with Gasteiger partial charge in [-0.2, -0.15) is 0 Å². The van der Waals surface area contributed by atoms with E-state index < -0.39 is 5.60 Å². The molecule has 4 rings (SSSR count). The van der Waals surface area contributed by atoms with Crippen LogP contribution < -0.4 is 0 Å². The minimum Gasteiger partial charge on any atom is -0.393 e. The van der Waals surface area contributed by atoms with Crippen molar-refractivity contribution in [2.45, 2.75) is 56.7 Å². The van der Waals surface area contributed by atoms with Crippen LogP contribution >= 0.6 is 0 Å². The van der Waals surface area contributed by atoms with E-state index >= 15 is 0 Å². The van der Waals surface area contributed by atoms with E-state index in [0.717, 1.165) is 37.8 Å². The van der Waals surface area contributed by atoms with Crippen molar-refractivity contribution < 1.29 is 10.2 Å². The van der Waals surface area contributed by atoms with Gasteiger partial charge in [-0.1, -0.05) is 36.8 Å². The van der Waals surface area contributed by atoms with Gasteiger partial charge in [-0.15, -0.1) is 0 Å². The van der Waals surface area contributed by atoms with Crippen molar-refractivity contribution in [2.24, 2.45) is 17.8 Å². The Morgan fingerprint density at radius 2 is 1.71 bits per heavy atom. The summed E-state index contributed by atoms with van der Waals surface area (Å²) in [6, 6.07) is 10.3. The van der Waals surface area contributed by atoms with Crippen LogP contribution in [0.4, 0.5) is 0 Å². The number of aliphatic hydroxyl groups is 2. The van der Waals surface area contributed by atoms with Crippen LogP contribution in [0.25, 0.3) is 0 Å². The molecule has 0 radical (unpaired) electrons. The maximum atomic E-state index is 11.8. The molecule has 132 valence electrons. The van der Waals surface area contributed by atoms with E-state index in [0.29, 0.717) is 17.8 Å². The summed E-state index contributed by atoms with van der Waals surface area (Å²) in [5.41, 5.74) is 0.340. The number of hydrogen-bond acceptors (Lipinski definition) is 3. The molecule has 1 heterocycles. The van der Waals surface area contributed by atoms with Gasteiger partial charge in [-0.25, -0.2) is 0 Å². The van der Waals surface area contributed by atoms with Crippen molar-refractivity contribution in [1.82, 2.24) is 4.90 Å². The number of fused-ring (bicyclic) bond motifs is 2. The normalized spacial score (nSPS) is 35.9. The molecule has 3 aliphatic rings. The fraction of sp³-hybridized carbons (Fsp3) is 0.714. The molecule has 2 bridgehead atoms. The molecule has 0 aromatic heterocycles. The molecule has 3 fully saturated rings. The van der Waals surface area contributed by atoms with Gasteiger partial charge in [-0.05, 0) is 74.9 Å². The zero-order valence-electron chi connectivity index (χ0n) is 14.6. The van der Waals surface area contributed by atoms with Crippen LogP contribution in [0.5, 0.6) is 0 Å². The second-order valence-electron chi connectivity index (χ2n) is 8.34. The van der Waals surface area contributed by atoms with Crippen LogP contribution in [0.3, 0.4) is 0 Å². The summed E-state index contributed by atoms with van der Waals surface area (Å²) in [5.74, 6) is 1.19. The zero-order valence-corrected chi connectivity index (χ0v) is 14.6. The molecule has 0 amide bonds. The first-order valence-corrected chi connectivity index (χ1v) is 9.85. The Morgan fingerprint density at radius 1 is 0.958 bits per heavy atom. The topological polar surface area (TPSA) is 43.7 Å². The van der Waals surface area contributed by atoms with Crippen molar-refractivity contribution in [1.29, 1.82) is 0 Å². The summed E-state index contributed by atoms with van der Waals surface area (Å²) in [6.45, 7) is 3.35. The highest BCUT2D eigenvalue weighted by atomic mass is 16.3. The molecule has 1 saturated heterocycles. The van der Waals surface area contributed by atoms with Gasteiger partial charge in [0.1, 0.15) is 0 Å². The van der Waals surface area contributed by atoms with Gasteiger partial charge in [0.15, 0.2) is 0 Å². The van der Waals surface area contributed by atoms with Crippen LogP contribution in [0.15, 0.2) is 30.3 Å². The van der Waals surface area contributed by atoms with Gasteiger partial charge >= 0.3 is 0 Å². The summed E-state index contributed by atoms with van der Waals surface area (Å²) in [5, 5.41) is 21.9. The quantitative estimate of drug-likeness (QED) is 0.872. The molecule has 2 saturated carbocycles. The third-order valence-corrected chi connectivity index (χ3v) is 6.96. The van der Waals surface area contributed by atoms with Gasteiger partial charge in [0.2, 0.25) is 0 Å². The van der Waals surface area contributed by atoms with Crippen molar-refractivity contribution in [3.8, 4) is 0 Å². The summed E-state index contributed by atoms with van der Waals surface area (Å²) in [6.07, 6.45) is 7.60. The Morgan fingerprint density at radius 3 is 2.33 bits per heavy atom. The van der Waals surface area contributed by atoms with E-state index in [-0.39, 0.29) is 6.10 Å². The number of hydrogen-bond donors (Lipinski definition) is 2. The molecular formula is C21H31NO2. The predicted octanol–water partition coefficient (Wildman–Crippen LogP) is 3.16. The maximum Gasteiger partial charge on any atom is 0.0939 e. The minimum absolute atomic E-state index is 0.131. The smallest absolute Gasteiger partial charge is 0.0939 e. The Kier molecular flexibility index (Phi) is 4.68. The molecule has 1 aromatic carbocycles. The lowest BCUT2D eigenvalue weighted by Crippen LogP contribution is -2.43. The second-order valence-corrected chi connectivity index (χ2v) is 8.34. The number of benzene rings is 1. The summed E-state index contributed by atoms with van der Waals surface area (Å²) in [4.78, 5) is 2.53. The van der Waals surface area contributed by atoms with E-state index in [1.54, 1.807) is 0 Å². The average molecular weight is 329 g/mol. The average Bonchev–Trinajstić information content (AvgIpc) is 3.21. The molecule has 5 atom stereocenters. The molecule has 3 nitrogen and oxygen atoms in total. The van der Waals surface area contributed by atoms with Crippen LogP contribution in [0, 0.1) is 17.8 Å². The number of aliphatic hydroxyl groups excluding tert-OH is 1. The molecule has 1 aromatic rings. The highest BCUT2D eigenvalue weighted by Gasteiger charge is 2.53.